The van der Waals surface area contributed by atoms with Gasteiger partial charge in [0.25, 0.3) is 0 Å². The molecule has 0 aromatic heterocycles. The first-order chi connectivity index (χ1) is 32.2. The van der Waals surface area contributed by atoms with E-state index in [4.69, 9.17) is 0 Å². The van der Waals surface area contributed by atoms with E-state index >= 15 is 0 Å². The lowest BCUT2D eigenvalue weighted by atomic mass is 9.89. The molecule has 0 aliphatic heterocycles. The van der Waals surface area contributed by atoms with Gasteiger partial charge in [0.1, 0.15) is 0 Å². The molecule has 12 rings (SSSR count). The van der Waals surface area contributed by atoms with Gasteiger partial charge in [-0.25, -0.2) is 0 Å². The van der Waals surface area contributed by atoms with Crippen LogP contribution in [-0.2, 0) is 0 Å². The Bertz CT molecular complexity index is 3660. The van der Waals surface area contributed by atoms with Crippen molar-refractivity contribution < 1.29 is 0 Å². The Morgan fingerprint density at radius 3 is 1.26 bits per heavy atom. The third kappa shape index (κ3) is 7.20. The fraction of sp³-hybridized carbons (Fsp3) is 0. The Hall–Kier alpha value is -8.52. The maximum atomic E-state index is 2.40. The molecule has 0 atom stereocenters. The van der Waals surface area contributed by atoms with E-state index < -0.39 is 0 Å². The maximum Gasteiger partial charge on any atom is 0.0462 e. The molecule has 304 valence electrons. The monoisotopic (exact) mass is 825 g/mol. The van der Waals surface area contributed by atoms with Crippen molar-refractivity contribution in [3.8, 4) is 55.6 Å². The lowest BCUT2D eigenvalue weighted by molar-refractivity contribution is 1.28. The summed E-state index contributed by atoms with van der Waals surface area (Å²) in [6.45, 7) is 0. The minimum atomic E-state index is 1.09. The molecule has 65 heavy (non-hydrogen) atoms. The summed E-state index contributed by atoms with van der Waals surface area (Å²) in [4.78, 5) is 2.36. The van der Waals surface area contributed by atoms with E-state index in [2.05, 4.69) is 266 Å². The van der Waals surface area contributed by atoms with Gasteiger partial charge in [0, 0.05) is 17.1 Å². The number of rotatable bonds is 8. The molecule has 0 aliphatic carbocycles. The van der Waals surface area contributed by atoms with Gasteiger partial charge in [-0.05, 0) is 153 Å². The summed E-state index contributed by atoms with van der Waals surface area (Å²) in [5, 5.41) is 10.1. The van der Waals surface area contributed by atoms with Gasteiger partial charge in [-0.1, -0.05) is 206 Å². The van der Waals surface area contributed by atoms with E-state index in [0.29, 0.717) is 0 Å². The van der Waals surface area contributed by atoms with E-state index in [-0.39, 0.29) is 0 Å². The molecular weight excluding hydrogens is 783 g/mol. The van der Waals surface area contributed by atoms with Crippen molar-refractivity contribution in [2.45, 2.75) is 0 Å². The van der Waals surface area contributed by atoms with Crippen molar-refractivity contribution >= 4 is 60.2 Å². The predicted molar refractivity (Wildman–Crippen MR) is 278 cm³/mol. The number of nitrogens with zero attached hydrogens (tertiary/aromatic N) is 1. The second-order valence-electron chi connectivity index (χ2n) is 16.9. The average molecular weight is 826 g/mol. The van der Waals surface area contributed by atoms with E-state index in [1.807, 2.05) is 0 Å². The van der Waals surface area contributed by atoms with Crippen molar-refractivity contribution in [2.75, 3.05) is 4.90 Å². The minimum absolute atomic E-state index is 1.09. The van der Waals surface area contributed by atoms with Crippen LogP contribution in [0, 0.1) is 0 Å². The molecule has 0 unspecified atom stereocenters. The molecule has 1 nitrogen and oxygen atoms in total. The SMILES string of the molecule is c1ccc(-c2ccc(N(c3ccc(-c4ccc(-c5ccc6ccc7ccc8ccccc8c7c6c5)c(-c5ccccc5)c4)cc3)c3ccc(-c4ccc5ccccc5c4)cc3)cc2)cc1. The fourth-order valence-corrected chi connectivity index (χ4v) is 9.68. The zero-order valence-electron chi connectivity index (χ0n) is 35.8. The van der Waals surface area contributed by atoms with Gasteiger partial charge in [-0.15, -0.1) is 0 Å². The van der Waals surface area contributed by atoms with Crippen LogP contribution >= 0.6 is 0 Å². The van der Waals surface area contributed by atoms with Crippen LogP contribution in [0.2, 0.25) is 0 Å². The average Bonchev–Trinajstić information content (AvgIpc) is 3.39. The second-order valence-corrected chi connectivity index (χ2v) is 16.9. The van der Waals surface area contributed by atoms with Crippen LogP contribution in [0.15, 0.2) is 261 Å². The smallest absolute Gasteiger partial charge is 0.0462 e. The molecule has 0 N–H and O–H groups in total. The van der Waals surface area contributed by atoms with Crippen molar-refractivity contribution in [1.29, 1.82) is 0 Å². The number of benzene rings is 12. The molecule has 0 fully saturated rings. The molecule has 0 heterocycles. The summed E-state index contributed by atoms with van der Waals surface area (Å²) in [7, 11) is 0. The highest BCUT2D eigenvalue weighted by molar-refractivity contribution is 6.20. The first-order valence-electron chi connectivity index (χ1n) is 22.4. The maximum absolute atomic E-state index is 2.40. The van der Waals surface area contributed by atoms with E-state index in [0.717, 1.165) is 17.1 Å². The van der Waals surface area contributed by atoms with Crippen LogP contribution < -0.4 is 4.90 Å². The molecule has 12 aromatic rings. The number of anilines is 3. The first-order valence-corrected chi connectivity index (χ1v) is 22.4. The molecule has 0 bridgehead atoms. The van der Waals surface area contributed by atoms with Crippen molar-refractivity contribution in [2.24, 2.45) is 0 Å². The van der Waals surface area contributed by atoms with Gasteiger partial charge < -0.3 is 4.90 Å². The Labute approximate surface area is 379 Å². The van der Waals surface area contributed by atoms with Crippen molar-refractivity contribution in [1.82, 2.24) is 0 Å². The zero-order chi connectivity index (χ0) is 43.1. The molecular formula is C64H43N. The van der Waals surface area contributed by atoms with Crippen molar-refractivity contribution in [3.05, 3.63) is 261 Å². The van der Waals surface area contributed by atoms with Crippen LogP contribution in [0.5, 0.6) is 0 Å². The summed E-state index contributed by atoms with van der Waals surface area (Å²) in [6.07, 6.45) is 0. The van der Waals surface area contributed by atoms with Crippen LogP contribution in [0.25, 0.3) is 98.7 Å². The van der Waals surface area contributed by atoms with Gasteiger partial charge in [0.2, 0.25) is 0 Å². The van der Waals surface area contributed by atoms with E-state index in [1.54, 1.807) is 0 Å². The highest BCUT2D eigenvalue weighted by Gasteiger charge is 2.16. The third-order valence-corrected chi connectivity index (χ3v) is 13.0. The molecule has 0 saturated carbocycles. The number of hydrogen-bond acceptors (Lipinski definition) is 1. The predicted octanol–water partition coefficient (Wildman–Crippen LogP) is 18.1. The quantitative estimate of drug-likeness (QED) is 0.138. The molecule has 0 spiro atoms. The van der Waals surface area contributed by atoms with Crippen LogP contribution in [0.1, 0.15) is 0 Å². The Morgan fingerprint density at radius 1 is 0.200 bits per heavy atom. The molecule has 0 radical (unpaired) electrons. The Morgan fingerprint density at radius 2 is 0.615 bits per heavy atom. The molecule has 1 heteroatoms. The normalized spacial score (nSPS) is 11.4. The van der Waals surface area contributed by atoms with Gasteiger partial charge in [-0.2, -0.15) is 0 Å². The molecule has 0 amide bonds. The summed E-state index contributed by atoms with van der Waals surface area (Å²) < 4.78 is 0. The Balaban J connectivity index is 0.927. The van der Waals surface area contributed by atoms with Crippen LogP contribution in [0.3, 0.4) is 0 Å². The third-order valence-electron chi connectivity index (χ3n) is 13.0. The van der Waals surface area contributed by atoms with Gasteiger partial charge in [-0.3, -0.25) is 0 Å². The molecule has 0 saturated heterocycles. The standard InChI is InChI=1S/C64H43N/c1-3-11-44(12-4-1)46-27-34-57(35-28-46)65(58-36-29-47(30-37-58)54-25-19-45-13-7-8-17-53(45)41-54)59-38-31-48(32-39-59)55-33-40-60(62(42-55)49-14-5-2-6-15-49)56-26-22-51-21-24-52-23-20-50-16-9-10-18-61(50)64(52)63(51)43-56/h1-43H. The van der Waals surface area contributed by atoms with Gasteiger partial charge >= 0.3 is 0 Å². The van der Waals surface area contributed by atoms with E-state index in [9.17, 15) is 0 Å². The lowest BCUT2D eigenvalue weighted by Crippen LogP contribution is -2.09. The van der Waals surface area contributed by atoms with E-state index in [1.165, 1.54) is 98.7 Å². The van der Waals surface area contributed by atoms with Crippen LogP contribution in [-0.4, -0.2) is 0 Å². The fourth-order valence-electron chi connectivity index (χ4n) is 9.68. The lowest BCUT2D eigenvalue weighted by Gasteiger charge is -2.26. The Kier molecular flexibility index (Phi) is 9.58. The first kappa shape index (κ1) is 38.2. The van der Waals surface area contributed by atoms with Crippen LogP contribution in [0.4, 0.5) is 17.1 Å². The summed E-state index contributed by atoms with van der Waals surface area (Å²) in [6, 6.07) is 95.2. The van der Waals surface area contributed by atoms with Gasteiger partial charge in [0.15, 0.2) is 0 Å². The summed E-state index contributed by atoms with van der Waals surface area (Å²) >= 11 is 0. The second kappa shape index (κ2) is 16.3. The molecule has 0 aliphatic rings. The largest absolute Gasteiger partial charge is 0.311 e. The molecule has 12 aromatic carbocycles. The topological polar surface area (TPSA) is 3.24 Å². The minimum Gasteiger partial charge on any atom is -0.311 e. The highest BCUT2D eigenvalue weighted by Crippen LogP contribution is 2.42. The number of hydrogen-bond donors (Lipinski definition) is 0. The van der Waals surface area contributed by atoms with Gasteiger partial charge in [0.05, 0.1) is 0 Å². The summed E-state index contributed by atoms with van der Waals surface area (Å²) in [5.74, 6) is 0. The number of fused-ring (bicyclic) bond motifs is 6. The van der Waals surface area contributed by atoms with Crippen molar-refractivity contribution in [3.63, 3.8) is 0 Å². The summed E-state index contributed by atoms with van der Waals surface area (Å²) in [5.41, 5.74) is 15.3. The zero-order valence-corrected chi connectivity index (χ0v) is 35.8. The highest BCUT2D eigenvalue weighted by atomic mass is 15.1.